The van der Waals surface area contributed by atoms with Crippen molar-refractivity contribution in [3.63, 3.8) is 0 Å². The molecule has 0 unspecified atom stereocenters. The highest BCUT2D eigenvalue weighted by molar-refractivity contribution is 7.89. The lowest BCUT2D eigenvalue weighted by Gasteiger charge is -2.12. The first-order chi connectivity index (χ1) is 13.6. The lowest BCUT2D eigenvalue weighted by molar-refractivity contribution is -0.137. The van der Waals surface area contributed by atoms with E-state index in [-0.39, 0.29) is 23.1 Å². The van der Waals surface area contributed by atoms with Crippen LogP contribution < -0.4 is 10.0 Å². The minimum absolute atomic E-state index is 0.158. The van der Waals surface area contributed by atoms with Gasteiger partial charge in [0.1, 0.15) is 11.4 Å². The number of rotatable bonds is 6. The molecule has 2 N–H and O–H groups in total. The average Bonchev–Trinajstić information content (AvgIpc) is 3.12. The standard InChI is InChI=1S/C17H17F3N6O2S/c1-21-29(27,28)14-8-23-16(15(25-14)13-9-26(2)10-24-13)22-7-11-3-5-12(6-4-11)17(18,19)20/h3-6,8-10,21H,7H2,1-2H3,(H,22,23). The predicted octanol–water partition coefficient (Wildman–Crippen LogP) is 2.42. The lowest BCUT2D eigenvalue weighted by atomic mass is 10.1. The number of alkyl halides is 3. The van der Waals surface area contributed by atoms with Gasteiger partial charge in [-0.25, -0.2) is 28.1 Å². The van der Waals surface area contributed by atoms with Gasteiger partial charge in [0, 0.05) is 19.8 Å². The van der Waals surface area contributed by atoms with Crippen LogP contribution in [0.25, 0.3) is 11.4 Å². The summed E-state index contributed by atoms with van der Waals surface area (Å²) in [5.74, 6) is 0.249. The Morgan fingerprint density at radius 3 is 2.38 bits per heavy atom. The second-order valence-electron chi connectivity index (χ2n) is 6.09. The van der Waals surface area contributed by atoms with Gasteiger partial charge in [-0.1, -0.05) is 12.1 Å². The van der Waals surface area contributed by atoms with Gasteiger partial charge >= 0.3 is 6.18 Å². The highest BCUT2D eigenvalue weighted by Crippen LogP contribution is 2.29. The molecule has 0 aliphatic carbocycles. The van der Waals surface area contributed by atoms with Crippen LogP contribution in [0.4, 0.5) is 19.0 Å². The number of sulfonamides is 1. The zero-order chi connectivity index (χ0) is 21.2. The van der Waals surface area contributed by atoms with Crippen LogP contribution in [0.15, 0.2) is 48.0 Å². The molecular weight excluding hydrogens is 409 g/mol. The van der Waals surface area contributed by atoms with Crippen molar-refractivity contribution in [3.05, 3.63) is 54.1 Å². The van der Waals surface area contributed by atoms with Gasteiger partial charge in [-0.15, -0.1) is 0 Å². The van der Waals surface area contributed by atoms with Crippen LogP contribution in [0.2, 0.25) is 0 Å². The molecule has 2 aromatic heterocycles. The molecule has 0 radical (unpaired) electrons. The van der Waals surface area contributed by atoms with Gasteiger partial charge < -0.3 is 9.88 Å². The van der Waals surface area contributed by atoms with E-state index in [0.29, 0.717) is 11.3 Å². The SMILES string of the molecule is CNS(=O)(=O)c1cnc(NCc2ccc(C(F)(F)F)cc2)c(-c2cn(C)cn2)n1. The minimum Gasteiger partial charge on any atom is -0.364 e. The van der Waals surface area contributed by atoms with Crippen molar-refractivity contribution in [1.29, 1.82) is 0 Å². The first kappa shape index (κ1) is 20.7. The Morgan fingerprint density at radius 2 is 1.83 bits per heavy atom. The van der Waals surface area contributed by atoms with Gasteiger partial charge in [0.25, 0.3) is 10.0 Å². The van der Waals surface area contributed by atoms with Crippen LogP contribution >= 0.6 is 0 Å². The molecule has 3 aromatic rings. The molecule has 0 saturated heterocycles. The van der Waals surface area contributed by atoms with Crippen LogP contribution in [-0.4, -0.2) is 35.0 Å². The first-order valence-corrected chi connectivity index (χ1v) is 9.77. The summed E-state index contributed by atoms with van der Waals surface area (Å²) in [6.45, 7) is 0.158. The van der Waals surface area contributed by atoms with Crippen molar-refractivity contribution < 1.29 is 21.6 Å². The minimum atomic E-state index is -4.40. The van der Waals surface area contributed by atoms with Gasteiger partial charge in [0.2, 0.25) is 0 Å². The van der Waals surface area contributed by atoms with E-state index < -0.39 is 21.8 Å². The monoisotopic (exact) mass is 426 g/mol. The molecule has 8 nitrogen and oxygen atoms in total. The summed E-state index contributed by atoms with van der Waals surface area (Å²) in [6.07, 6.45) is -0.148. The van der Waals surface area contributed by atoms with E-state index in [4.69, 9.17) is 0 Å². The molecule has 0 amide bonds. The van der Waals surface area contributed by atoms with E-state index in [1.54, 1.807) is 17.8 Å². The second-order valence-corrected chi connectivity index (χ2v) is 7.92. The van der Waals surface area contributed by atoms with Crippen molar-refractivity contribution in [2.45, 2.75) is 17.7 Å². The van der Waals surface area contributed by atoms with E-state index in [1.807, 2.05) is 0 Å². The van der Waals surface area contributed by atoms with E-state index >= 15 is 0 Å². The fourth-order valence-corrected chi connectivity index (χ4v) is 3.06. The maximum atomic E-state index is 12.7. The third kappa shape index (κ3) is 4.71. The second kappa shape index (κ2) is 7.79. The van der Waals surface area contributed by atoms with Crippen LogP contribution in [0.1, 0.15) is 11.1 Å². The van der Waals surface area contributed by atoms with E-state index in [0.717, 1.165) is 18.3 Å². The zero-order valence-corrected chi connectivity index (χ0v) is 16.2. The van der Waals surface area contributed by atoms with Gasteiger partial charge in [-0.2, -0.15) is 13.2 Å². The number of hydrogen-bond acceptors (Lipinski definition) is 6. The normalized spacial score (nSPS) is 12.2. The van der Waals surface area contributed by atoms with Crippen LogP contribution in [0.5, 0.6) is 0 Å². The molecule has 29 heavy (non-hydrogen) atoms. The van der Waals surface area contributed by atoms with Gasteiger partial charge in [0.05, 0.1) is 18.1 Å². The summed E-state index contributed by atoms with van der Waals surface area (Å²) in [4.78, 5) is 12.5. The molecule has 0 fully saturated rings. The number of aromatic nitrogens is 4. The number of halogens is 3. The molecule has 12 heteroatoms. The highest BCUT2D eigenvalue weighted by atomic mass is 32.2. The van der Waals surface area contributed by atoms with Crippen molar-refractivity contribution in [3.8, 4) is 11.4 Å². The molecule has 0 atom stereocenters. The quantitative estimate of drug-likeness (QED) is 0.628. The van der Waals surface area contributed by atoms with Gasteiger partial charge in [0.15, 0.2) is 10.8 Å². The molecule has 0 aliphatic heterocycles. The lowest BCUT2D eigenvalue weighted by Crippen LogP contribution is -2.20. The van der Waals surface area contributed by atoms with Gasteiger partial charge in [-0.05, 0) is 24.7 Å². The number of nitrogens with zero attached hydrogens (tertiary/aromatic N) is 4. The summed E-state index contributed by atoms with van der Waals surface area (Å²) in [7, 11) is -0.815. The number of anilines is 1. The van der Waals surface area contributed by atoms with Crippen LogP contribution in [0.3, 0.4) is 0 Å². The molecule has 0 saturated carbocycles. The van der Waals surface area contributed by atoms with Crippen molar-refractivity contribution >= 4 is 15.8 Å². The summed E-state index contributed by atoms with van der Waals surface area (Å²) in [5.41, 5.74) is 0.437. The Balaban J connectivity index is 1.90. The van der Waals surface area contributed by atoms with Crippen molar-refractivity contribution in [2.24, 2.45) is 7.05 Å². The van der Waals surface area contributed by atoms with E-state index in [1.165, 1.54) is 25.5 Å². The van der Waals surface area contributed by atoms with E-state index in [9.17, 15) is 21.6 Å². The third-order valence-corrected chi connectivity index (χ3v) is 5.27. The summed E-state index contributed by atoms with van der Waals surface area (Å²) >= 11 is 0. The summed E-state index contributed by atoms with van der Waals surface area (Å²) in [5, 5.41) is 2.70. The number of aryl methyl sites for hydroxylation is 1. The highest BCUT2D eigenvalue weighted by Gasteiger charge is 2.29. The molecular formula is C17H17F3N6O2S. The topological polar surface area (TPSA) is 102 Å². The van der Waals surface area contributed by atoms with Crippen LogP contribution in [-0.2, 0) is 29.8 Å². The molecule has 1 aromatic carbocycles. The van der Waals surface area contributed by atoms with Crippen molar-refractivity contribution in [1.82, 2.24) is 24.2 Å². The Hall–Kier alpha value is -2.99. The molecule has 0 aliphatic rings. The Bertz CT molecular complexity index is 1110. The van der Waals surface area contributed by atoms with Crippen LogP contribution in [0, 0.1) is 0 Å². The maximum absolute atomic E-state index is 12.7. The molecule has 154 valence electrons. The number of benzene rings is 1. The number of imidazole rings is 1. The fraction of sp³-hybridized carbons (Fsp3) is 0.235. The Morgan fingerprint density at radius 1 is 1.14 bits per heavy atom. The fourth-order valence-electron chi connectivity index (χ4n) is 2.45. The van der Waals surface area contributed by atoms with Crippen molar-refractivity contribution in [2.75, 3.05) is 12.4 Å². The molecule has 3 rings (SSSR count). The first-order valence-electron chi connectivity index (χ1n) is 8.29. The average molecular weight is 426 g/mol. The predicted molar refractivity (Wildman–Crippen MR) is 99.3 cm³/mol. The molecule has 2 heterocycles. The Kier molecular flexibility index (Phi) is 5.57. The summed E-state index contributed by atoms with van der Waals surface area (Å²) in [6, 6.07) is 4.68. The zero-order valence-electron chi connectivity index (χ0n) is 15.4. The molecule has 0 spiro atoms. The molecule has 0 bridgehead atoms. The largest absolute Gasteiger partial charge is 0.416 e. The number of hydrogen-bond donors (Lipinski definition) is 2. The summed E-state index contributed by atoms with van der Waals surface area (Å²) < 4.78 is 66.0. The van der Waals surface area contributed by atoms with Gasteiger partial charge in [-0.3, -0.25) is 0 Å². The maximum Gasteiger partial charge on any atom is 0.416 e. The smallest absolute Gasteiger partial charge is 0.364 e. The Labute approximate surface area is 164 Å². The third-order valence-electron chi connectivity index (χ3n) is 3.98. The van der Waals surface area contributed by atoms with E-state index in [2.05, 4.69) is 25.0 Å². The number of nitrogens with one attached hydrogen (secondary N) is 2.